The number of hydrogen-bond donors (Lipinski definition) is 2. The Kier molecular flexibility index (Phi) is 6.42. The Morgan fingerprint density at radius 3 is 2.64 bits per heavy atom. The molecule has 0 aromatic rings. The second-order valence-electron chi connectivity index (χ2n) is 2.82. The van der Waals surface area contributed by atoms with Crippen LogP contribution in [0.4, 0.5) is 0 Å². The van der Waals surface area contributed by atoms with Crippen LogP contribution >= 0.6 is 12.6 Å². The molecule has 0 fully saturated rings. The molecule has 0 radical (unpaired) electrons. The minimum atomic E-state index is -0.249. The van der Waals surface area contributed by atoms with Crippen molar-refractivity contribution < 1.29 is 4.79 Å². The minimum Gasteiger partial charge on any atom is -0.370 e. The standard InChI is InChI=1S/C8H17NOS/c1-2-3-4-5-7(11)6-8(9)10/h7,11H,2-6H2,1H3,(H2,9,10). The molecule has 0 saturated heterocycles. The van der Waals surface area contributed by atoms with Crippen LogP contribution in [0.2, 0.25) is 0 Å². The van der Waals surface area contributed by atoms with Crippen molar-refractivity contribution in [2.75, 3.05) is 0 Å². The summed E-state index contributed by atoms with van der Waals surface area (Å²) in [6.07, 6.45) is 4.98. The minimum absolute atomic E-state index is 0.166. The first-order valence-electron chi connectivity index (χ1n) is 4.13. The summed E-state index contributed by atoms with van der Waals surface area (Å²) in [5.74, 6) is -0.249. The van der Waals surface area contributed by atoms with E-state index in [2.05, 4.69) is 19.6 Å². The van der Waals surface area contributed by atoms with Crippen LogP contribution < -0.4 is 5.73 Å². The van der Waals surface area contributed by atoms with Gasteiger partial charge in [0.1, 0.15) is 0 Å². The summed E-state index contributed by atoms with van der Waals surface area (Å²) in [5, 5.41) is 0.166. The van der Waals surface area contributed by atoms with E-state index in [1.54, 1.807) is 0 Å². The molecule has 0 heterocycles. The maximum Gasteiger partial charge on any atom is 0.218 e. The fraction of sp³-hybridized carbons (Fsp3) is 0.875. The smallest absolute Gasteiger partial charge is 0.218 e. The van der Waals surface area contributed by atoms with Crippen LogP contribution in [0, 0.1) is 0 Å². The zero-order valence-electron chi connectivity index (χ0n) is 7.05. The zero-order chi connectivity index (χ0) is 8.69. The highest BCUT2D eigenvalue weighted by molar-refractivity contribution is 7.81. The Hall–Kier alpha value is -0.180. The maximum absolute atomic E-state index is 10.4. The molecule has 1 unspecified atom stereocenters. The number of rotatable bonds is 6. The molecule has 0 aromatic carbocycles. The van der Waals surface area contributed by atoms with Gasteiger partial charge in [-0.2, -0.15) is 12.6 Å². The predicted molar refractivity (Wildman–Crippen MR) is 50.7 cm³/mol. The van der Waals surface area contributed by atoms with Crippen molar-refractivity contribution in [1.29, 1.82) is 0 Å². The van der Waals surface area contributed by atoms with Gasteiger partial charge >= 0.3 is 0 Å². The Balaban J connectivity index is 3.22. The van der Waals surface area contributed by atoms with Crippen molar-refractivity contribution in [3.05, 3.63) is 0 Å². The average Bonchev–Trinajstić information content (AvgIpc) is 1.86. The van der Waals surface area contributed by atoms with Crippen LogP contribution in [0.15, 0.2) is 0 Å². The number of hydrogen-bond acceptors (Lipinski definition) is 2. The molecule has 0 aromatic heterocycles. The summed E-state index contributed by atoms with van der Waals surface area (Å²) in [7, 11) is 0. The van der Waals surface area contributed by atoms with E-state index in [1.165, 1.54) is 12.8 Å². The summed E-state index contributed by atoms with van der Waals surface area (Å²) in [6, 6.07) is 0. The first kappa shape index (κ1) is 10.8. The lowest BCUT2D eigenvalue weighted by Gasteiger charge is -2.06. The highest BCUT2D eigenvalue weighted by atomic mass is 32.1. The van der Waals surface area contributed by atoms with Gasteiger partial charge in [-0.1, -0.05) is 26.2 Å². The van der Waals surface area contributed by atoms with Crippen molar-refractivity contribution >= 4 is 18.5 Å². The van der Waals surface area contributed by atoms with Gasteiger partial charge in [0, 0.05) is 11.7 Å². The third kappa shape index (κ3) is 7.72. The van der Waals surface area contributed by atoms with Gasteiger partial charge in [-0.25, -0.2) is 0 Å². The Bertz CT molecular complexity index is 117. The molecule has 3 heteroatoms. The summed E-state index contributed by atoms with van der Waals surface area (Å²) in [4.78, 5) is 10.4. The fourth-order valence-electron chi connectivity index (χ4n) is 0.964. The molecule has 0 spiro atoms. The SMILES string of the molecule is CCCCCC(S)CC(N)=O. The molecule has 11 heavy (non-hydrogen) atoms. The zero-order valence-corrected chi connectivity index (χ0v) is 7.94. The maximum atomic E-state index is 10.4. The molecule has 0 aliphatic carbocycles. The molecule has 2 nitrogen and oxygen atoms in total. The molecule has 0 aliphatic rings. The number of thiol groups is 1. The topological polar surface area (TPSA) is 43.1 Å². The van der Waals surface area contributed by atoms with Crippen LogP contribution in [0.5, 0.6) is 0 Å². The Labute approximate surface area is 74.0 Å². The third-order valence-electron chi connectivity index (χ3n) is 1.58. The van der Waals surface area contributed by atoms with E-state index in [9.17, 15) is 4.79 Å². The molecule has 0 saturated carbocycles. The molecule has 0 rings (SSSR count). The molecular weight excluding hydrogens is 158 g/mol. The molecule has 0 bridgehead atoms. The second kappa shape index (κ2) is 6.53. The summed E-state index contributed by atoms with van der Waals surface area (Å²) < 4.78 is 0. The lowest BCUT2D eigenvalue weighted by atomic mass is 10.1. The molecule has 1 amide bonds. The lowest BCUT2D eigenvalue weighted by molar-refractivity contribution is -0.118. The molecule has 0 aliphatic heterocycles. The fourth-order valence-corrected chi connectivity index (χ4v) is 1.33. The number of primary amides is 1. The average molecular weight is 175 g/mol. The predicted octanol–water partition coefficient (Wildman–Crippen LogP) is 1.74. The largest absolute Gasteiger partial charge is 0.370 e. The summed E-state index contributed by atoms with van der Waals surface area (Å²) in [6.45, 7) is 2.15. The molecule has 1 atom stereocenters. The number of carbonyl (C=O) groups is 1. The normalized spacial score (nSPS) is 12.9. The van der Waals surface area contributed by atoms with Gasteiger partial charge in [-0.3, -0.25) is 4.79 Å². The van der Waals surface area contributed by atoms with Crippen molar-refractivity contribution in [3.63, 3.8) is 0 Å². The summed E-state index contributed by atoms with van der Waals surface area (Å²) >= 11 is 4.24. The van der Waals surface area contributed by atoms with Crippen LogP contribution in [0.25, 0.3) is 0 Å². The van der Waals surface area contributed by atoms with Crippen molar-refractivity contribution in [2.24, 2.45) is 5.73 Å². The quantitative estimate of drug-likeness (QED) is 0.468. The van der Waals surface area contributed by atoms with Gasteiger partial charge < -0.3 is 5.73 Å². The summed E-state index contributed by atoms with van der Waals surface area (Å²) in [5.41, 5.74) is 5.01. The first-order chi connectivity index (χ1) is 5.16. The van der Waals surface area contributed by atoms with Crippen molar-refractivity contribution in [1.82, 2.24) is 0 Å². The van der Waals surface area contributed by atoms with E-state index >= 15 is 0 Å². The first-order valence-corrected chi connectivity index (χ1v) is 4.64. The van der Waals surface area contributed by atoms with Crippen LogP contribution in [0.3, 0.4) is 0 Å². The molecule has 2 N–H and O–H groups in total. The van der Waals surface area contributed by atoms with Crippen LogP contribution in [-0.2, 0) is 4.79 Å². The lowest BCUT2D eigenvalue weighted by Crippen LogP contribution is -2.16. The Morgan fingerprint density at radius 1 is 1.55 bits per heavy atom. The Morgan fingerprint density at radius 2 is 2.18 bits per heavy atom. The van der Waals surface area contributed by atoms with E-state index in [0.717, 1.165) is 12.8 Å². The van der Waals surface area contributed by atoms with E-state index in [4.69, 9.17) is 5.73 Å². The third-order valence-corrected chi connectivity index (χ3v) is 2.02. The second-order valence-corrected chi connectivity index (χ2v) is 3.55. The highest BCUT2D eigenvalue weighted by Crippen LogP contribution is 2.11. The highest BCUT2D eigenvalue weighted by Gasteiger charge is 2.05. The van der Waals surface area contributed by atoms with Crippen molar-refractivity contribution in [2.45, 2.75) is 44.3 Å². The number of carbonyl (C=O) groups excluding carboxylic acids is 1. The van der Waals surface area contributed by atoms with Gasteiger partial charge in [0.2, 0.25) is 5.91 Å². The number of nitrogens with two attached hydrogens (primary N) is 1. The molecular formula is C8H17NOS. The van der Waals surface area contributed by atoms with Crippen molar-refractivity contribution in [3.8, 4) is 0 Å². The van der Waals surface area contributed by atoms with Gasteiger partial charge in [-0.05, 0) is 6.42 Å². The number of amides is 1. The van der Waals surface area contributed by atoms with Gasteiger partial charge in [0.15, 0.2) is 0 Å². The number of unbranched alkanes of at least 4 members (excludes halogenated alkanes) is 2. The van der Waals surface area contributed by atoms with Gasteiger partial charge in [-0.15, -0.1) is 0 Å². The van der Waals surface area contributed by atoms with Gasteiger partial charge in [0.25, 0.3) is 0 Å². The van der Waals surface area contributed by atoms with Gasteiger partial charge in [0.05, 0.1) is 0 Å². The van der Waals surface area contributed by atoms with E-state index in [-0.39, 0.29) is 11.2 Å². The van der Waals surface area contributed by atoms with E-state index in [0.29, 0.717) is 6.42 Å². The van der Waals surface area contributed by atoms with E-state index in [1.807, 2.05) is 0 Å². The molecule has 66 valence electrons. The van der Waals surface area contributed by atoms with Crippen LogP contribution in [-0.4, -0.2) is 11.2 Å². The van der Waals surface area contributed by atoms with Crippen LogP contribution in [0.1, 0.15) is 39.0 Å². The monoisotopic (exact) mass is 175 g/mol. The van der Waals surface area contributed by atoms with E-state index < -0.39 is 0 Å².